The Bertz CT molecular complexity index is 876. The second-order valence-corrected chi connectivity index (χ2v) is 7.32. The zero-order chi connectivity index (χ0) is 19.6. The van der Waals surface area contributed by atoms with Crippen LogP contribution in [0.1, 0.15) is 29.6 Å². The molecule has 7 heteroatoms. The van der Waals surface area contributed by atoms with Gasteiger partial charge >= 0.3 is 0 Å². The second kappa shape index (κ2) is 7.67. The summed E-state index contributed by atoms with van der Waals surface area (Å²) in [6.07, 6.45) is 4.61. The van der Waals surface area contributed by atoms with Gasteiger partial charge in [-0.3, -0.25) is 14.6 Å². The zero-order valence-electron chi connectivity index (χ0n) is 15.5. The van der Waals surface area contributed by atoms with Gasteiger partial charge in [-0.2, -0.15) is 0 Å². The molecule has 6 nitrogen and oxygen atoms in total. The van der Waals surface area contributed by atoms with Gasteiger partial charge < -0.3 is 14.5 Å². The molecule has 0 saturated carbocycles. The molecule has 1 atom stereocenters. The van der Waals surface area contributed by atoms with Crippen LogP contribution >= 0.6 is 0 Å². The maximum atomic E-state index is 13.4. The van der Waals surface area contributed by atoms with Crippen LogP contribution in [-0.4, -0.2) is 53.5 Å². The number of rotatable bonds is 2. The van der Waals surface area contributed by atoms with Crippen molar-refractivity contribution < 1.29 is 18.7 Å². The van der Waals surface area contributed by atoms with Gasteiger partial charge in [0.1, 0.15) is 12.4 Å². The van der Waals surface area contributed by atoms with E-state index < -0.39 is 11.4 Å². The van der Waals surface area contributed by atoms with Gasteiger partial charge in [-0.25, -0.2) is 4.39 Å². The quantitative estimate of drug-likeness (QED) is 0.800. The summed E-state index contributed by atoms with van der Waals surface area (Å²) in [6, 6.07) is 10.8. The van der Waals surface area contributed by atoms with Crippen molar-refractivity contribution in [3.05, 3.63) is 60.2 Å². The number of aromatic nitrogens is 1. The van der Waals surface area contributed by atoms with Crippen LogP contribution in [0.25, 0.3) is 0 Å². The Morgan fingerprint density at radius 2 is 1.96 bits per heavy atom. The summed E-state index contributed by atoms with van der Waals surface area (Å²) in [4.78, 5) is 32.4. The van der Waals surface area contributed by atoms with Crippen molar-refractivity contribution in [1.82, 2.24) is 9.88 Å². The minimum Gasteiger partial charge on any atom is -0.363 e. The summed E-state index contributed by atoms with van der Waals surface area (Å²) in [5, 5.41) is 0. The average Bonchev–Trinajstić information content (AvgIpc) is 2.93. The summed E-state index contributed by atoms with van der Waals surface area (Å²) in [5.74, 6) is -0.805. The van der Waals surface area contributed by atoms with E-state index in [4.69, 9.17) is 4.74 Å². The molecule has 1 unspecified atom stereocenters. The number of likely N-dealkylation sites (tertiary alicyclic amines) is 1. The van der Waals surface area contributed by atoms with Crippen LogP contribution in [0.2, 0.25) is 0 Å². The lowest BCUT2D eigenvalue weighted by atomic mass is 9.92. The molecule has 2 aliphatic heterocycles. The lowest BCUT2D eigenvalue weighted by Gasteiger charge is -2.42. The first-order chi connectivity index (χ1) is 13.6. The number of carbonyl (C=O) groups excluding carboxylic acids is 2. The molecule has 4 rings (SSSR count). The molecule has 0 N–H and O–H groups in total. The number of morpholine rings is 1. The second-order valence-electron chi connectivity index (χ2n) is 7.32. The van der Waals surface area contributed by atoms with E-state index >= 15 is 0 Å². The number of anilines is 1. The Hall–Kier alpha value is -2.80. The fourth-order valence-electron chi connectivity index (χ4n) is 3.94. The third-order valence-electron chi connectivity index (χ3n) is 5.45. The van der Waals surface area contributed by atoms with E-state index in [-0.39, 0.29) is 24.0 Å². The summed E-state index contributed by atoms with van der Waals surface area (Å²) in [6.45, 7) is 1.57. The number of hydrogen-bond acceptors (Lipinski definition) is 4. The zero-order valence-corrected chi connectivity index (χ0v) is 15.5. The highest BCUT2D eigenvalue weighted by Crippen LogP contribution is 2.33. The number of hydrogen-bond donors (Lipinski definition) is 0. The van der Waals surface area contributed by atoms with Crippen LogP contribution in [0.3, 0.4) is 0 Å². The number of amides is 2. The van der Waals surface area contributed by atoms with Gasteiger partial charge in [0.25, 0.3) is 11.8 Å². The fourth-order valence-corrected chi connectivity index (χ4v) is 3.94. The lowest BCUT2D eigenvalue weighted by molar-refractivity contribution is -0.140. The Morgan fingerprint density at radius 1 is 1.14 bits per heavy atom. The molecule has 2 aliphatic rings. The number of pyridine rings is 1. The van der Waals surface area contributed by atoms with Crippen molar-refractivity contribution in [2.45, 2.75) is 24.9 Å². The Morgan fingerprint density at radius 3 is 2.75 bits per heavy atom. The molecule has 1 aromatic heterocycles. The summed E-state index contributed by atoms with van der Waals surface area (Å²) in [7, 11) is 0. The molecule has 1 spiro atoms. The molecule has 2 amide bonds. The van der Waals surface area contributed by atoms with Crippen molar-refractivity contribution in [1.29, 1.82) is 0 Å². The monoisotopic (exact) mass is 383 g/mol. The number of halogens is 1. The highest BCUT2D eigenvalue weighted by molar-refractivity contribution is 5.95. The van der Waals surface area contributed by atoms with E-state index in [0.29, 0.717) is 26.1 Å². The number of nitrogens with zero attached hydrogens (tertiary/aromatic N) is 3. The van der Waals surface area contributed by atoms with Gasteiger partial charge in [0.2, 0.25) is 0 Å². The highest BCUT2D eigenvalue weighted by atomic mass is 19.1. The predicted octanol–water partition coefficient (Wildman–Crippen LogP) is 2.65. The third kappa shape index (κ3) is 3.75. The molecule has 0 radical (unpaired) electrons. The topological polar surface area (TPSA) is 62.7 Å². The van der Waals surface area contributed by atoms with Gasteiger partial charge in [0.05, 0.1) is 23.9 Å². The molecule has 2 fully saturated rings. The molecular formula is C21H22FN3O3. The molecule has 28 heavy (non-hydrogen) atoms. The van der Waals surface area contributed by atoms with Gasteiger partial charge in [0, 0.05) is 25.0 Å². The van der Waals surface area contributed by atoms with E-state index in [0.717, 1.165) is 24.7 Å². The molecule has 0 aliphatic carbocycles. The lowest BCUT2D eigenvalue weighted by Crippen LogP contribution is -2.55. The SMILES string of the molecule is O=C(c1cncc(F)c1)N1CCCC2(CC1)CN(c1ccccc1)C(=O)CO2. The minimum absolute atomic E-state index is 0.0384. The van der Waals surface area contributed by atoms with Gasteiger partial charge in [-0.15, -0.1) is 0 Å². The number of benzene rings is 1. The fraction of sp³-hybridized carbons (Fsp3) is 0.381. The largest absolute Gasteiger partial charge is 0.363 e. The minimum atomic E-state index is -0.523. The van der Waals surface area contributed by atoms with Crippen LogP contribution in [-0.2, 0) is 9.53 Å². The normalized spacial score (nSPS) is 23.0. The predicted molar refractivity (Wildman–Crippen MR) is 101 cm³/mol. The summed E-state index contributed by atoms with van der Waals surface area (Å²) < 4.78 is 19.4. The van der Waals surface area contributed by atoms with E-state index in [2.05, 4.69) is 4.98 Å². The Kier molecular flexibility index (Phi) is 5.09. The summed E-state index contributed by atoms with van der Waals surface area (Å²) >= 11 is 0. The first kappa shape index (κ1) is 18.6. The molecule has 2 aromatic rings. The molecular weight excluding hydrogens is 361 g/mol. The Labute approximate surface area is 162 Å². The molecule has 1 aromatic carbocycles. The first-order valence-corrected chi connectivity index (χ1v) is 9.46. The van der Waals surface area contributed by atoms with Gasteiger partial charge in [0.15, 0.2) is 0 Å². The molecule has 2 saturated heterocycles. The average molecular weight is 383 g/mol. The van der Waals surface area contributed by atoms with Gasteiger partial charge in [-0.05, 0) is 37.5 Å². The standard InChI is InChI=1S/C21H22FN3O3/c22-17-11-16(12-23-13-17)20(27)24-9-4-7-21(8-10-24)15-25(19(26)14-28-21)18-5-2-1-3-6-18/h1-3,5-6,11-13H,4,7-10,14-15H2. The van der Waals surface area contributed by atoms with Crippen LogP contribution < -0.4 is 4.90 Å². The Balaban J connectivity index is 1.48. The van der Waals surface area contributed by atoms with E-state index in [1.165, 1.54) is 12.3 Å². The van der Waals surface area contributed by atoms with Crippen molar-refractivity contribution >= 4 is 17.5 Å². The summed E-state index contributed by atoms with van der Waals surface area (Å²) in [5.41, 5.74) is 0.638. The van der Waals surface area contributed by atoms with Crippen LogP contribution in [0, 0.1) is 5.82 Å². The number of carbonyl (C=O) groups is 2. The van der Waals surface area contributed by atoms with Crippen molar-refractivity contribution in [3.63, 3.8) is 0 Å². The van der Waals surface area contributed by atoms with Crippen molar-refractivity contribution in [3.8, 4) is 0 Å². The van der Waals surface area contributed by atoms with Crippen molar-refractivity contribution in [2.75, 3.05) is 31.1 Å². The van der Waals surface area contributed by atoms with E-state index in [1.807, 2.05) is 30.3 Å². The van der Waals surface area contributed by atoms with Crippen molar-refractivity contribution in [2.24, 2.45) is 0 Å². The van der Waals surface area contributed by atoms with Crippen LogP contribution in [0.15, 0.2) is 48.8 Å². The highest BCUT2D eigenvalue weighted by Gasteiger charge is 2.42. The number of ether oxygens (including phenoxy) is 1. The maximum Gasteiger partial charge on any atom is 0.255 e. The molecule has 3 heterocycles. The number of para-hydroxylation sites is 1. The van der Waals surface area contributed by atoms with Gasteiger partial charge in [-0.1, -0.05) is 18.2 Å². The maximum absolute atomic E-state index is 13.4. The first-order valence-electron chi connectivity index (χ1n) is 9.46. The third-order valence-corrected chi connectivity index (χ3v) is 5.45. The van der Waals surface area contributed by atoms with E-state index in [9.17, 15) is 14.0 Å². The molecule has 146 valence electrons. The van der Waals surface area contributed by atoms with E-state index in [1.54, 1.807) is 9.80 Å². The van der Waals surface area contributed by atoms with Crippen LogP contribution in [0.5, 0.6) is 0 Å². The smallest absolute Gasteiger partial charge is 0.255 e. The molecule has 0 bridgehead atoms. The van der Waals surface area contributed by atoms with Crippen LogP contribution in [0.4, 0.5) is 10.1 Å².